The third-order valence-electron chi connectivity index (χ3n) is 3.92. The van der Waals surface area contributed by atoms with Gasteiger partial charge < -0.3 is 16.4 Å². The highest BCUT2D eigenvalue weighted by molar-refractivity contribution is 6.00. The maximum Gasteiger partial charge on any atom is 0.240 e. The molecule has 2 heterocycles. The molecule has 1 amide bonds. The molecule has 2 aromatic rings. The Labute approximate surface area is 117 Å². The Morgan fingerprint density at radius 1 is 1.30 bits per heavy atom. The zero-order valence-corrected chi connectivity index (χ0v) is 11.2. The number of amides is 1. The van der Waals surface area contributed by atoms with Crippen LogP contribution >= 0.6 is 0 Å². The Hall–Kier alpha value is -2.30. The lowest BCUT2D eigenvalue weighted by molar-refractivity contribution is -0.119. The van der Waals surface area contributed by atoms with E-state index in [4.69, 9.17) is 11.5 Å². The maximum atomic E-state index is 11.7. The number of nitrogen functional groups attached to an aromatic ring is 1. The van der Waals surface area contributed by atoms with Crippen LogP contribution in [0.1, 0.15) is 19.3 Å². The first kappa shape index (κ1) is 12.7. The van der Waals surface area contributed by atoms with Crippen molar-refractivity contribution in [3.05, 3.63) is 30.5 Å². The second kappa shape index (κ2) is 5.00. The van der Waals surface area contributed by atoms with E-state index in [1.54, 1.807) is 6.20 Å². The van der Waals surface area contributed by atoms with Gasteiger partial charge in [0.15, 0.2) is 0 Å². The van der Waals surface area contributed by atoms with Crippen molar-refractivity contribution in [1.82, 2.24) is 4.98 Å². The first-order chi connectivity index (χ1) is 9.68. The van der Waals surface area contributed by atoms with Gasteiger partial charge in [-0.1, -0.05) is 0 Å². The van der Waals surface area contributed by atoms with Crippen LogP contribution in [0, 0.1) is 0 Å². The summed E-state index contributed by atoms with van der Waals surface area (Å²) in [7, 11) is 0. The number of pyridine rings is 1. The third-order valence-corrected chi connectivity index (χ3v) is 3.92. The molecule has 0 bridgehead atoms. The third kappa shape index (κ3) is 2.05. The zero-order chi connectivity index (χ0) is 14.1. The summed E-state index contributed by atoms with van der Waals surface area (Å²) >= 11 is 0. The van der Waals surface area contributed by atoms with E-state index in [0.29, 0.717) is 5.69 Å². The number of primary amides is 1. The average Bonchev–Trinajstić information content (AvgIpc) is 2.48. The number of nitrogens with two attached hydrogens (primary N) is 2. The minimum atomic E-state index is -0.265. The van der Waals surface area contributed by atoms with Crippen LogP contribution in [0.4, 0.5) is 11.4 Å². The van der Waals surface area contributed by atoms with Crippen LogP contribution in [0.15, 0.2) is 30.5 Å². The van der Waals surface area contributed by atoms with Gasteiger partial charge in [0.2, 0.25) is 5.91 Å². The number of hydrogen-bond donors (Lipinski definition) is 2. The predicted octanol–water partition coefficient (Wildman–Crippen LogP) is 1.66. The molecule has 1 saturated heterocycles. The summed E-state index contributed by atoms with van der Waals surface area (Å²) in [5.41, 5.74) is 13.9. The summed E-state index contributed by atoms with van der Waals surface area (Å²) in [4.78, 5) is 18.1. The van der Waals surface area contributed by atoms with Crippen molar-refractivity contribution in [3.63, 3.8) is 0 Å². The number of hydrogen-bond acceptors (Lipinski definition) is 4. The van der Waals surface area contributed by atoms with Gasteiger partial charge in [0.05, 0.1) is 11.2 Å². The Balaban J connectivity index is 2.13. The Morgan fingerprint density at radius 2 is 2.15 bits per heavy atom. The first-order valence-electron chi connectivity index (χ1n) is 6.87. The standard InChI is InChI=1S/C15H18N4O/c16-11-6-7-12(10-4-3-8-18-14(10)11)19-9-2-1-5-13(19)15(17)20/h3-4,6-8,13H,1-2,5,9,16H2,(H2,17,20). The highest BCUT2D eigenvalue weighted by atomic mass is 16.1. The number of anilines is 2. The van der Waals surface area contributed by atoms with Crippen molar-refractivity contribution in [1.29, 1.82) is 0 Å². The SMILES string of the molecule is NC(=O)C1CCCCN1c1ccc(N)c2ncccc12. The Morgan fingerprint density at radius 3 is 2.95 bits per heavy atom. The highest BCUT2D eigenvalue weighted by Gasteiger charge is 2.28. The van der Waals surface area contributed by atoms with Gasteiger partial charge in [-0.2, -0.15) is 0 Å². The molecule has 1 aromatic heterocycles. The molecule has 0 aliphatic carbocycles. The van der Waals surface area contributed by atoms with Gasteiger partial charge in [-0.05, 0) is 43.5 Å². The van der Waals surface area contributed by atoms with Crippen LogP contribution < -0.4 is 16.4 Å². The molecule has 1 atom stereocenters. The minimum absolute atomic E-state index is 0.240. The van der Waals surface area contributed by atoms with Gasteiger partial charge in [0.1, 0.15) is 6.04 Å². The fraction of sp³-hybridized carbons (Fsp3) is 0.333. The number of piperidine rings is 1. The normalized spacial score (nSPS) is 19.2. The monoisotopic (exact) mass is 270 g/mol. The molecule has 104 valence electrons. The molecule has 5 nitrogen and oxygen atoms in total. The van der Waals surface area contributed by atoms with E-state index in [1.807, 2.05) is 24.3 Å². The van der Waals surface area contributed by atoms with E-state index in [1.165, 1.54) is 0 Å². The second-order valence-electron chi connectivity index (χ2n) is 5.18. The molecule has 1 fully saturated rings. The van der Waals surface area contributed by atoms with Crippen LogP contribution in [0.2, 0.25) is 0 Å². The van der Waals surface area contributed by atoms with Gasteiger partial charge in [-0.25, -0.2) is 0 Å². The molecular weight excluding hydrogens is 252 g/mol. The number of aromatic nitrogens is 1. The van der Waals surface area contributed by atoms with Gasteiger partial charge in [-0.3, -0.25) is 9.78 Å². The zero-order valence-electron chi connectivity index (χ0n) is 11.2. The Bertz CT molecular complexity index is 655. The molecule has 5 heteroatoms. The summed E-state index contributed by atoms with van der Waals surface area (Å²) in [5.74, 6) is -0.265. The van der Waals surface area contributed by atoms with E-state index in [2.05, 4.69) is 9.88 Å². The minimum Gasteiger partial charge on any atom is -0.397 e. The smallest absolute Gasteiger partial charge is 0.240 e. The van der Waals surface area contributed by atoms with Crippen molar-refractivity contribution in [3.8, 4) is 0 Å². The van der Waals surface area contributed by atoms with Crippen LogP contribution in [0.3, 0.4) is 0 Å². The summed E-state index contributed by atoms with van der Waals surface area (Å²) in [5, 5.41) is 0.973. The molecule has 0 spiro atoms. The molecule has 1 aromatic carbocycles. The van der Waals surface area contributed by atoms with E-state index in [-0.39, 0.29) is 11.9 Å². The summed E-state index contributed by atoms with van der Waals surface area (Å²) < 4.78 is 0. The van der Waals surface area contributed by atoms with Gasteiger partial charge in [0.25, 0.3) is 0 Å². The van der Waals surface area contributed by atoms with Gasteiger partial charge in [0, 0.05) is 23.8 Å². The fourth-order valence-corrected chi connectivity index (χ4v) is 2.95. The van der Waals surface area contributed by atoms with Crippen molar-refractivity contribution in [2.24, 2.45) is 5.73 Å². The number of carbonyl (C=O) groups is 1. The van der Waals surface area contributed by atoms with Crippen LogP contribution in [-0.4, -0.2) is 23.5 Å². The lowest BCUT2D eigenvalue weighted by Crippen LogP contribution is -2.47. The molecule has 1 aliphatic heterocycles. The van der Waals surface area contributed by atoms with E-state index < -0.39 is 0 Å². The molecule has 4 N–H and O–H groups in total. The summed E-state index contributed by atoms with van der Waals surface area (Å²) in [6.07, 6.45) is 4.64. The number of fused-ring (bicyclic) bond motifs is 1. The topological polar surface area (TPSA) is 85.2 Å². The number of rotatable bonds is 2. The van der Waals surface area contributed by atoms with E-state index in [9.17, 15) is 4.79 Å². The van der Waals surface area contributed by atoms with E-state index in [0.717, 1.165) is 42.4 Å². The van der Waals surface area contributed by atoms with Crippen molar-refractivity contribution < 1.29 is 4.79 Å². The first-order valence-corrected chi connectivity index (χ1v) is 6.87. The van der Waals surface area contributed by atoms with Crippen LogP contribution in [-0.2, 0) is 4.79 Å². The predicted molar refractivity (Wildman–Crippen MR) is 80.3 cm³/mol. The van der Waals surface area contributed by atoms with Crippen molar-refractivity contribution >= 4 is 28.2 Å². The molecule has 0 radical (unpaired) electrons. The number of benzene rings is 1. The molecule has 0 saturated carbocycles. The molecular formula is C15H18N4O. The maximum absolute atomic E-state index is 11.7. The fourth-order valence-electron chi connectivity index (χ4n) is 2.95. The molecule has 1 unspecified atom stereocenters. The largest absolute Gasteiger partial charge is 0.397 e. The average molecular weight is 270 g/mol. The quantitative estimate of drug-likeness (QED) is 0.813. The van der Waals surface area contributed by atoms with Crippen LogP contribution in [0.25, 0.3) is 10.9 Å². The lowest BCUT2D eigenvalue weighted by atomic mass is 9.99. The number of carbonyl (C=O) groups excluding carboxylic acids is 1. The second-order valence-corrected chi connectivity index (χ2v) is 5.18. The van der Waals surface area contributed by atoms with Gasteiger partial charge >= 0.3 is 0 Å². The highest BCUT2D eigenvalue weighted by Crippen LogP contribution is 2.33. The number of nitrogens with zero attached hydrogens (tertiary/aromatic N) is 2. The molecule has 3 rings (SSSR count). The van der Waals surface area contributed by atoms with E-state index >= 15 is 0 Å². The Kier molecular flexibility index (Phi) is 3.18. The molecule has 20 heavy (non-hydrogen) atoms. The summed E-state index contributed by atoms with van der Waals surface area (Å²) in [6.45, 7) is 0.835. The summed E-state index contributed by atoms with van der Waals surface area (Å²) in [6, 6.07) is 7.43. The van der Waals surface area contributed by atoms with Gasteiger partial charge in [-0.15, -0.1) is 0 Å². The van der Waals surface area contributed by atoms with Crippen molar-refractivity contribution in [2.75, 3.05) is 17.2 Å². The lowest BCUT2D eigenvalue weighted by Gasteiger charge is -2.36. The van der Waals surface area contributed by atoms with Crippen molar-refractivity contribution in [2.45, 2.75) is 25.3 Å². The van der Waals surface area contributed by atoms with Crippen LogP contribution in [0.5, 0.6) is 0 Å². The molecule has 1 aliphatic rings.